The van der Waals surface area contributed by atoms with Crippen molar-refractivity contribution in [3.8, 4) is 0 Å². The molecule has 2 nitrogen and oxygen atoms in total. The summed E-state index contributed by atoms with van der Waals surface area (Å²) in [5.41, 5.74) is 12.5. The van der Waals surface area contributed by atoms with Crippen LogP contribution < -0.4 is 11.5 Å². The fraction of sp³-hybridized carbons (Fsp3) is 0.455. The van der Waals surface area contributed by atoms with Crippen LogP contribution in [0.3, 0.4) is 0 Å². The molecule has 0 aliphatic carbocycles. The Kier molecular flexibility index (Phi) is 4.50. The van der Waals surface area contributed by atoms with E-state index in [0.29, 0.717) is 6.54 Å². The van der Waals surface area contributed by atoms with Gasteiger partial charge < -0.3 is 11.5 Å². The maximum absolute atomic E-state index is 5.71. The first-order chi connectivity index (χ1) is 6.33. The third kappa shape index (κ3) is 4.06. The average Bonchev–Trinajstić information content (AvgIpc) is 2.19. The number of hydrogen-bond acceptors (Lipinski definition) is 2. The number of aryl methyl sites for hydroxylation is 1. The minimum atomic E-state index is 0.170. The minimum absolute atomic E-state index is 0.170. The van der Waals surface area contributed by atoms with Crippen molar-refractivity contribution in [2.24, 2.45) is 11.5 Å². The van der Waals surface area contributed by atoms with Gasteiger partial charge >= 0.3 is 0 Å². The van der Waals surface area contributed by atoms with Crippen molar-refractivity contribution in [2.45, 2.75) is 25.3 Å². The maximum Gasteiger partial charge on any atom is 0.0163 e. The van der Waals surface area contributed by atoms with Crippen molar-refractivity contribution in [3.63, 3.8) is 0 Å². The van der Waals surface area contributed by atoms with Gasteiger partial charge in [0.05, 0.1) is 0 Å². The quantitative estimate of drug-likeness (QED) is 0.714. The summed E-state index contributed by atoms with van der Waals surface area (Å²) in [4.78, 5) is 0. The van der Waals surface area contributed by atoms with Crippen molar-refractivity contribution in [3.05, 3.63) is 35.9 Å². The molecule has 1 aromatic rings. The smallest absolute Gasteiger partial charge is 0.0163 e. The Bertz CT molecular complexity index is 221. The van der Waals surface area contributed by atoms with Crippen LogP contribution >= 0.6 is 0 Å². The van der Waals surface area contributed by atoms with Crippen molar-refractivity contribution >= 4 is 0 Å². The van der Waals surface area contributed by atoms with Crippen LogP contribution in [0, 0.1) is 0 Å². The van der Waals surface area contributed by atoms with Crippen LogP contribution in [0.4, 0.5) is 0 Å². The SMILES string of the molecule is NC[C@@H](N)CCCc1ccccc1. The number of rotatable bonds is 5. The normalized spacial score (nSPS) is 12.8. The average molecular weight is 178 g/mol. The second-order valence-electron chi connectivity index (χ2n) is 3.37. The predicted molar refractivity (Wildman–Crippen MR) is 56.4 cm³/mol. The Hall–Kier alpha value is -0.860. The molecule has 0 aliphatic rings. The lowest BCUT2D eigenvalue weighted by Crippen LogP contribution is -2.29. The van der Waals surface area contributed by atoms with Gasteiger partial charge in [0.25, 0.3) is 0 Å². The summed E-state index contributed by atoms with van der Waals surface area (Å²) < 4.78 is 0. The maximum atomic E-state index is 5.71. The molecule has 13 heavy (non-hydrogen) atoms. The Balaban J connectivity index is 2.20. The number of benzene rings is 1. The topological polar surface area (TPSA) is 52.0 Å². The van der Waals surface area contributed by atoms with E-state index in [1.54, 1.807) is 0 Å². The van der Waals surface area contributed by atoms with Gasteiger partial charge in [-0.15, -0.1) is 0 Å². The Morgan fingerprint density at radius 1 is 1.15 bits per heavy atom. The van der Waals surface area contributed by atoms with Gasteiger partial charge in [0.2, 0.25) is 0 Å². The van der Waals surface area contributed by atoms with Crippen molar-refractivity contribution in [1.82, 2.24) is 0 Å². The molecule has 0 saturated carbocycles. The summed E-state index contributed by atoms with van der Waals surface area (Å²) in [7, 11) is 0. The van der Waals surface area contributed by atoms with E-state index in [4.69, 9.17) is 11.5 Å². The van der Waals surface area contributed by atoms with Gasteiger partial charge in [-0.05, 0) is 24.8 Å². The van der Waals surface area contributed by atoms with Gasteiger partial charge in [-0.25, -0.2) is 0 Å². The lowest BCUT2D eigenvalue weighted by Gasteiger charge is -2.07. The largest absolute Gasteiger partial charge is 0.329 e. The highest BCUT2D eigenvalue weighted by atomic mass is 14.7. The first-order valence-corrected chi connectivity index (χ1v) is 4.82. The molecule has 0 radical (unpaired) electrons. The minimum Gasteiger partial charge on any atom is -0.329 e. The molecular formula is C11H18N2. The summed E-state index contributed by atoms with van der Waals surface area (Å²) in [6.45, 7) is 0.592. The second kappa shape index (κ2) is 5.73. The molecule has 0 aliphatic heterocycles. The van der Waals surface area contributed by atoms with E-state index in [1.807, 2.05) is 6.07 Å². The standard InChI is InChI=1S/C11H18N2/c12-9-11(13)8-4-7-10-5-2-1-3-6-10/h1-3,5-6,11H,4,7-9,12-13H2/t11-/m0/s1. The van der Waals surface area contributed by atoms with Gasteiger partial charge in [0.1, 0.15) is 0 Å². The van der Waals surface area contributed by atoms with Crippen LogP contribution in [-0.2, 0) is 6.42 Å². The lowest BCUT2D eigenvalue weighted by molar-refractivity contribution is 0.591. The molecule has 1 atom stereocenters. The van der Waals surface area contributed by atoms with E-state index in [2.05, 4.69) is 24.3 Å². The van der Waals surface area contributed by atoms with E-state index in [1.165, 1.54) is 5.56 Å². The highest BCUT2D eigenvalue weighted by Gasteiger charge is 1.98. The van der Waals surface area contributed by atoms with Gasteiger partial charge in [-0.1, -0.05) is 30.3 Å². The molecule has 0 amide bonds. The predicted octanol–water partition coefficient (Wildman–Crippen LogP) is 1.30. The Labute approximate surface area is 79.9 Å². The molecule has 0 unspecified atom stereocenters. The third-order valence-electron chi connectivity index (χ3n) is 2.19. The van der Waals surface area contributed by atoms with Gasteiger partial charge in [0, 0.05) is 12.6 Å². The van der Waals surface area contributed by atoms with Gasteiger partial charge in [0.15, 0.2) is 0 Å². The summed E-state index contributed by atoms with van der Waals surface area (Å²) in [5, 5.41) is 0. The van der Waals surface area contributed by atoms with E-state index in [9.17, 15) is 0 Å². The zero-order chi connectivity index (χ0) is 9.52. The van der Waals surface area contributed by atoms with Crippen LogP contribution in [0.25, 0.3) is 0 Å². The Morgan fingerprint density at radius 3 is 2.46 bits per heavy atom. The molecule has 4 N–H and O–H groups in total. The highest BCUT2D eigenvalue weighted by Crippen LogP contribution is 2.05. The molecule has 0 spiro atoms. The molecule has 72 valence electrons. The molecular weight excluding hydrogens is 160 g/mol. The second-order valence-corrected chi connectivity index (χ2v) is 3.37. The molecule has 0 heterocycles. The lowest BCUT2D eigenvalue weighted by atomic mass is 10.1. The monoisotopic (exact) mass is 178 g/mol. The van der Waals surface area contributed by atoms with Crippen LogP contribution in [-0.4, -0.2) is 12.6 Å². The highest BCUT2D eigenvalue weighted by molar-refractivity contribution is 5.14. The van der Waals surface area contributed by atoms with Crippen LogP contribution in [0.1, 0.15) is 18.4 Å². The van der Waals surface area contributed by atoms with E-state index < -0.39 is 0 Å². The molecule has 2 heteroatoms. The molecule has 0 saturated heterocycles. The Morgan fingerprint density at radius 2 is 1.85 bits per heavy atom. The molecule has 0 fully saturated rings. The summed E-state index contributed by atoms with van der Waals surface area (Å²) in [6.07, 6.45) is 3.25. The summed E-state index contributed by atoms with van der Waals surface area (Å²) in [5.74, 6) is 0. The van der Waals surface area contributed by atoms with E-state index in [0.717, 1.165) is 19.3 Å². The zero-order valence-corrected chi connectivity index (χ0v) is 7.95. The van der Waals surface area contributed by atoms with Crippen LogP contribution in [0.15, 0.2) is 30.3 Å². The van der Waals surface area contributed by atoms with Crippen molar-refractivity contribution < 1.29 is 0 Å². The van der Waals surface area contributed by atoms with Crippen molar-refractivity contribution in [2.75, 3.05) is 6.54 Å². The first-order valence-electron chi connectivity index (χ1n) is 4.82. The van der Waals surface area contributed by atoms with Gasteiger partial charge in [-0.3, -0.25) is 0 Å². The van der Waals surface area contributed by atoms with E-state index >= 15 is 0 Å². The first kappa shape index (κ1) is 10.2. The molecule has 0 aromatic heterocycles. The fourth-order valence-electron chi connectivity index (χ4n) is 1.33. The zero-order valence-electron chi connectivity index (χ0n) is 7.95. The third-order valence-corrected chi connectivity index (χ3v) is 2.19. The van der Waals surface area contributed by atoms with E-state index in [-0.39, 0.29) is 6.04 Å². The summed E-state index contributed by atoms with van der Waals surface area (Å²) >= 11 is 0. The number of nitrogens with two attached hydrogens (primary N) is 2. The molecule has 0 bridgehead atoms. The molecule has 1 aromatic carbocycles. The number of hydrogen-bond donors (Lipinski definition) is 2. The summed E-state index contributed by atoms with van der Waals surface area (Å²) in [6, 6.07) is 10.6. The van der Waals surface area contributed by atoms with Crippen LogP contribution in [0.2, 0.25) is 0 Å². The van der Waals surface area contributed by atoms with Crippen molar-refractivity contribution in [1.29, 1.82) is 0 Å². The fourth-order valence-corrected chi connectivity index (χ4v) is 1.33. The molecule has 1 rings (SSSR count). The van der Waals surface area contributed by atoms with Gasteiger partial charge in [-0.2, -0.15) is 0 Å². The van der Waals surface area contributed by atoms with Crippen LogP contribution in [0.5, 0.6) is 0 Å².